The Hall–Kier alpha value is -1.30. The van der Waals surface area contributed by atoms with Crippen molar-refractivity contribution in [3.63, 3.8) is 0 Å². The highest BCUT2D eigenvalue weighted by atomic mass is 32.1. The summed E-state index contributed by atoms with van der Waals surface area (Å²) in [6, 6.07) is 6.12. The summed E-state index contributed by atoms with van der Waals surface area (Å²) in [6.07, 6.45) is 0.945. The molecule has 1 atom stereocenters. The van der Waals surface area contributed by atoms with Crippen molar-refractivity contribution in [1.82, 2.24) is 4.90 Å². The van der Waals surface area contributed by atoms with Gasteiger partial charge in [-0.05, 0) is 29.5 Å². The molecule has 20 heavy (non-hydrogen) atoms. The Labute approximate surface area is 120 Å². The molecular weight excluding hydrogens is 278 g/mol. The number of thiophene rings is 1. The molecule has 0 amide bonds. The van der Waals surface area contributed by atoms with Crippen molar-refractivity contribution in [2.45, 2.75) is 19.0 Å². The fourth-order valence-electron chi connectivity index (χ4n) is 2.79. The van der Waals surface area contributed by atoms with Crippen molar-refractivity contribution in [3.05, 3.63) is 57.3 Å². The van der Waals surface area contributed by atoms with E-state index in [1.54, 1.807) is 17.4 Å². The molecule has 0 saturated heterocycles. The Bertz CT molecular complexity index is 612. The molecule has 1 unspecified atom stereocenters. The Morgan fingerprint density at radius 2 is 2.15 bits per heavy atom. The Kier molecular flexibility index (Phi) is 3.83. The summed E-state index contributed by atoms with van der Waals surface area (Å²) in [4.78, 5) is 3.52. The largest absolute Gasteiger partial charge is 0.329 e. The minimum absolute atomic E-state index is 0.278. The number of rotatable bonds is 3. The van der Waals surface area contributed by atoms with Crippen molar-refractivity contribution in [2.24, 2.45) is 5.73 Å². The second kappa shape index (κ2) is 5.60. The number of hydrogen-bond acceptors (Lipinski definition) is 3. The van der Waals surface area contributed by atoms with Gasteiger partial charge in [0.05, 0.1) is 6.04 Å². The van der Waals surface area contributed by atoms with Crippen LogP contribution in [0, 0.1) is 11.6 Å². The molecule has 0 aliphatic carbocycles. The smallest absolute Gasteiger partial charge is 0.163 e. The third-order valence-corrected chi connectivity index (χ3v) is 4.86. The normalized spacial score (nSPS) is 16.9. The number of hydrogen-bond donors (Lipinski definition) is 1. The maximum Gasteiger partial charge on any atom is 0.163 e. The predicted molar refractivity (Wildman–Crippen MR) is 76.6 cm³/mol. The first kappa shape index (κ1) is 13.7. The van der Waals surface area contributed by atoms with Crippen molar-refractivity contribution in [3.8, 4) is 0 Å². The number of nitrogens with two attached hydrogens (primary N) is 1. The van der Waals surface area contributed by atoms with E-state index in [4.69, 9.17) is 5.73 Å². The van der Waals surface area contributed by atoms with Crippen molar-refractivity contribution >= 4 is 11.3 Å². The third kappa shape index (κ3) is 2.37. The van der Waals surface area contributed by atoms with Crippen LogP contribution >= 0.6 is 11.3 Å². The van der Waals surface area contributed by atoms with E-state index in [0.717, 1.165) is 25.6 Å². The van der Waals surface area contributed by atoms with E-state index in [2.05, 4.69) is 16.3 Å². The van der Waals surface area contributed by atoms with Gasteiger partial charge in [-0.1, -0.05) is 12.1 Å². The molecule has 2 aromatic rings. The topological polar surface area (TPSA) is 29.3 Å². The van der Waals surface area contributed by atoms with E-state index >= 15 is 0 Å². The predicted octanol–water partition coefficient (Wildman–Crippen LogP) is 3.08. The minimum Gasteiger partial charge on any atom is -0.329 e. The Morgan fingerprint density at radius 1 is 1.30 bits per heavy atom. The molecule has 5 heteroatoms. The zero-order valence-electron chi connectivity index (χ0n) is 11.0. The Morgan fingerprint density at radius 3 is 2.95 bits per heavy atom. The number of nitrogens with zero attached hydrogens (tertiary/aromatic N) is 1. The lowest BCUT2D eigenvalue weighted by Gasteiger charge is -2.34. The summed E-state index contributed by atoms with van der Waals surface area (Å²) in [5, 5.41) is 2.08. The molecule has 2 heterocycles. The molecule has 2 N–H and O–H groups in total. The molecule has 0 radical (unpaired) electrons. The zero-order chi connectivity index (χ0) is 14.1. The van der Waals surface area contributed by atoms with Crippen LogP contribution in [0.5, 0.6) is 0 Å². The third-order valence-electron chi connectivity index (χ3n) is 3.84. The second-order valence-corrected chi connectivity index (χ2v) is 5.98. The molecule has 0 saturated carbocycles. The van der Waals surface area contributed by atoms with Crippen LogP contribution in [0.2, 0.25) is 0 Å². The monoisotopic (exact) mass is 294 g/mol. The number of benzene rings is 1. The van der Waals surface area contributed by atoms with Gasteiger partial charge in [0.15, 0.2) is 11.6 Å². The van der Waals surface area contributed by atoms with Gasteiger partial charge in [-0.3, -0.25) is 4.90 Å². The SMILES string of the molecule is NCC(c1cccc(F)c1F)N1CCc2sccc2C1. The molecule has 106 valence electrons. The summed E-state index contributed by atoms with van der Waals surface area (Å²) in [7, 11) is 0. The second-order valence-electron chi connectivity index (χ2n) is 4.98. The van der Waals surface area contributed by atoms with Crippen LogP contribution < -0.4 is 5.73 Å². The molecule has 1 aromatic heterocycles. The lowest BCUT2D eigenvalue weighted by Crippen LogP contribution is -2.37. The highest BCUT2D eigenvalue weighted by Gasteiger charge is 2.27. The van der Waals surface area contributed by atoms with E-state index in [0.29, 0.717) is 5.56 Å². The van der Waals surface area contributed by atoms with Crippen molar-refractivity contribution < 1.29 is 8.78 Å². The molecule has 3 rings (SSSR count). The van der Waals surface area contributed by atoms with Crippen LogP contribution in [-0.2, 0) is 13.0 Å². The van der Waals surface area contributed by atoms with Gasteiger partial charge >= 0.3 is 0 Å². The van der Waals surface area contributed by atoms with Gasteiger partial charge in [-0.15, -0.1) is 11.3 Å². The standard InChI is InChI=1S/C15H16F2N2S/c16-12-3-1-2-11(15(12)17)13(8-18)19-6-4-14-10(9-19)5-7-20-14/h1-3,5,7,13H,4,6,8-9,18H2. The fourth-order valence-corrected chi connectivity index (χ4v) is 3.68. The molecule has 1 aliphatic rings. The Balaban J connectivity index is 1.89. The summed E-state index contributed by atoms with van der Waals surface area (Å²) < 4.78 is 27.4. The van der Waals surface area contributed by atoms with E-state index < -0.39 is 11.6 Å². The first-order chi connectivity index (χ1) is 9.70. The molecule has 1 aliphatic heterocycles. The van der Waals surface area contributed by atoms with Crippen LogP contribution in [0.15, 0.2) is 29.6 Å². The summed E-state index contributed by atoms with van der Waals surface area (Å²) in [6.45, 7) is 1.85. The quantitative estimate of drug-likeness (QED) is 0.942. The zero-order valence-corrected chi connectivity index (χ0v) is 11.8. The molecule has 1 aromatic carbocycles. The van der Waals surface area contributed by atoms with Gasteiger partial charge in [0.2, 0.25) is 0 Å². The van der Waals surface area contributed by atoms with E-state index in [-0.39, 0.29) is 12.6 Å². The van der Waals surface area contributed by atoms with E-state index in [9.17, 15) is 8.78 Å². The van der Waals surface area contributed by atoms with Crippen LogP contribution in [0.1, 0.15) is 22.0 Å². The lowest BCUT2D eigenvalue weighted by atomic mass is 10.0. The fraction of sp³-hybridized carbons (Fsp3) is 0.333. The van der Waals surface area contributed by atoms with Gasteiger partial charge in [0.1, 0.15) is 0 Å². The minimum atomic E-state index is -0.811. The van der Waals surface area contributed by atoms with Gasteiger partial charge in [0, 0.05) is 30.1 Å². The van der Waals surface area contributed by atoms with Crippen molar-refractivity contribution in [2.75, 3.05) is 13.1 Å². The first-order valence-corrected chi connectivity index (χ1v) is 7.52. The molecule has 0 fully saturated rings. The lowest BCUT2D eigenvalue weighted by molar-refractivity contribution is 0.180. The number of halogens is 2. The van der Waals surface area contributed by atoms with E-state index in [1.807, 2.05) is 0 Å². The molecular formula is C15H16F2N2S. The highest BCUT2D eigenvalue weighted by Crippen LogP contribution is 2.31. The number of fused-ring (bicyclic) bond motifs is 1. The van der Waals surface area contributed by atoms with Crippen LogP contribution in [-0.4, -0.2) is 18.0 Å². The summed E-state index contributed by atoms with van der Waals surface area (Å²) in [5.41, 5.74) is 7.45. The molecule has 0 bridgehead atoms. The molecule has 2 nitrogen and oxygen atoms in total. The van der Waals surface area contributed by atoms with Gasteiger partial charge in [-0.2, -0.15) is 0 Å². The summed E-state index contributed by atoms with van der Waals surface area (Å²) in [5.74, 6) is -1.59. The molecule has 0 spiro atoms. The average molecular weight is 294 g/mol. The van der Waals surface area contributed by atoms with Crippen LogP contribution in [0.25, 0.3) is 0 Å². The van der Waals surface area contributed by atoms with Gasteiger partial charge in [-0.25, -0.2) is 8.78 Å². The van der Waals surface area contributed by atoms with Crippen LogP contribution in [0.3, 0.4) is 0 Å². The maximum absolute atomic E-state index is 14.0. The highest BCUT2D eigenvalue weighted by molar-refractivity contribution is 7.10. The van der Waals surface area contributed by atoms with Gasteiger partial charge in [0.25, 0.3) is 0 Å². The summed E-state index contributed by atoms with van der Waals surface area (Å²) >= 11 is 1.76. The van der Waals surface area contributed by atoms with E-state index in [1.165, 1.54) is 16.5 Å². The first-order valence-electron chi connectivity index (χ1n) is 6.64. The van der Waals surface area contributed by atoms with Gasteiger partial charge < -0.3 is 5.73 Å². The van der Waals surface area contributed by atoms with Crippen molar-refractivity contribution in [1.29, 1.82) is 0 Å². The maximum atomic E-state index is 14.0. The van der Waals surface area contributed by atoms with Crippen LogP contribution in [0.4, 0.5) is 8.78 Å². The average Bonchev–Trinajstić information content (AvgIpc) is 2.92.